The summed E-state index contributed by atoms with van der Waals surface area (Å²) in [5.74, 6) is -0.649. The molecule has 1 N–H and O–H groups in total. The van der Waals surface area contributed by atoms with E-state index in [1.807, 2.05) is 47.8 Å². The van der Waals surface area contributed by atoms with E-state index in [9.17, 15) is 9.59 Å². The van der Waals surface area contributed by atoms with E-state index in [1.165, 1.54) is 11.3 Å². The van der Waals surface area contributed by atoms with Crippen LogP contribution in [0.5, 0.6) is 0 Å². The van der Waals surface area contributed by atoms with Gasteiger partial charge in [-0.1, -0.05) is 66.7 Å². The fourth-order valence-electron chi connectivity index (χ4n) is 2.80. The lowest BCUT2D eigenvalue weighted by atomic mass is 10.2. The zero-order chi connectivity index (χ0) is 20.1. The first-order chi connectivity index (χ1) is 14.2. The van der Waals surface area contributed by atoms with Crippen molar-refractivity contribution in [1.29, 1.82) is 0 Å². The molecule has 0 saturated heterocycles. The maximum absolute atomic E-state index is 12.7. The summed E-state index contributed by atoms with van der Waals surface area (Å²) >= 11 is 1.29. The monoisotopic (exact) mass is 399 g/mol. The summed E-state index contributed by atoms with van der Waals surface area (Å²) in [5.41, 5.74) is 5.54. The molecule has 29 heavy (non-hydrogen) atoms. The number of thiazole rings is 1. The number of hydrogen-bond acceptors (Lipinski definition) is 3. The quantitative estimate of drug-likeness (QED) is 0.555. The Balaban J connectivity index is 1.78. The Bertz CT molecular complexity index is 1200. The van der Waals surface area contributed by atoms with Crippen LogP contribution in [0.3, 0.4) is 0 Å². The summed E-state index contributed by atoms with van der Waals surface area (Å²) in [6, 6.07) is 27.4. The second-order valence-corrected chi connectivity index (χ2v) is 7.03. The molecule has 4 aromatic rings. The Labute approximate surface area is 171 Å². The summed E-state index contributed by atoms with van der Waals surface area (Å²) < 4.78 is 1.57. The zero-order valence-electron chi connectivity index (χ0n) is 15.4. The van der Waals surface area contributed by atoms with Crippen molar-refractivity contribution in [3.8, 4) is 11.3 Å². The smallest absolute Gasteiger partial charge is 0.267 e. The highest BCUT2D eigenvalue weighted by molar-refractivity contribution is 7.07. The van der Waals surface area contributed by atoms with Crippen LogP contribution < -0.4 is 10.2 Å². The van der Waals surface area contributed by atoms with Crippen molar-refractivity contribution in [1.82, 2.24) is 4.68 Å². The van der Waals surface area contributed by atoms with E-state index in [1.54, 1.807) is 53.2 Å². The Hall–Kier alpha value is -3.77. The number of benzene rings is 3. The van der Waals surface area contributed by atoms with Gasteiger partial charge in [-0.15, -0.1) is 11.3 Å². The minimum absolute atomic E-state index is 0.283. The average Bonchev–Trinajstić information content (AvgIpc) is 3.17. The molecule has 6 heteroatoms. The van der Waals surface area contributed by atoms with E-state index in [0.29, 0.717) is 15.9 Å². The number of nitrogens with one attached hydrogen (secondary N) is 1. The standard InChI is InChI=1S/C23H17N3O2S/c27-21(18-12-6-2-7-13-18)24-23-26(25-22(28)19-14-8-3-9-15-19)20(16-29-23)17-10-4-1-5-11-17/h1-16H,(H,25,28). The SMILES string of the molecule is O=C(N=c1scc(-c2ccccc2)n1NC(=O)c1ccccc1)c1ccccc1. The van der Waals surface area contributed by atoms with Crippen molar-refractivity contribution in [2.75, 3.05) is 5.43 Å². The number of hydrogen-bond donors (Lipinski definition) is 1. The molecule has 1 heterocycles. The lowest BCUT2D eigenvalue weighted by Gasteiger charge is -2.11. The Morgan fingerprint density at radius 2 is 1.31 bits per heavy atom. The fourth-order valence-corrected chi connectivity index (χ4v) is 3.64. The lowest BCUT2D eigenvalue weighted by Crippen LogP contribution is -2.31. The highest BCUT2D eigenvalue weighted by atomic mass is 32.1. The number of rotatable bonds is 4. The van der Waals surface area contributed by atoms with Gasteiger partial charge >= 0.3 is 0 Å². The fraction of sp³-hybridized carbons (Fsp3) is 0. The van der Waals surface area contributed by atoms with Gasteiger partial charge in [-0.3, -0.25) is 15.0 Å². The van der Waals surface area contributed by atoms with Crippen LogP contribution in [0.25, 0.3) is 11.3 Å². The molecule has 0 fully saturated rings. The Kier molecular flexibility index (Phi) is 5.45. The average molecular weight is 399 g/mol. The molecular formula is C23H17N3O2S. The molecule has 0 aliphatic carbocycles. The third kappa shape index (κ3) is 4.23. The van der Waals surface area contributed by atoms with Gasteiger partial charge in [-0.05, 0) is 24.3 Å². The van der Waals surface area contributed by atoms with Gasteiger partial charge in [0.2, 0.25) is 4.80 Å². The Morgan fingerprint density at radius 1 is 0.759 bits per heavy atom. The second kappa shape index (κ2) is 8.50. The topological polar surface area (TPSA) is 63.5 Å². The number of nitrogens with zero attached hydrogens (tertiary/aromatic N) is 2. The van der Waals surface area contributed by atoms with Gasteiger partial charge in [0.05, 0.1) is 5.69 Å². The molecular weight excluding hydrogens is 382 g/mol. The molecule has 3 aromatic carbocycles. The normalized spacial score (nSPS) is 11.2. The molecule has 0 unspecified atom stereocenters. The van der Waals surface area contributed by atoms with E-state index < -0.39 is 0 Å². The van der Waals surface area contributed by atoms with Crippen LogP contribution in [-0.4, -0.2) is 16.5 Å². The lowest BCUT2D eigenvalue weighted by molar-refractivity contribution is 0.0987. The molecule has 0 saturated carbocycles. The van der Waals surface area contributed by atoms with Gasteiger partial charge in [0, 0.05) is 22.1 Å². The van der Waals surface area contributed by atoms with Crippen molar-refractivity contribution in [3.05, 3.63) is 112 Å². The van der Waals surface area contributed by atoms with Gasteiger partial charge in [0.25, 0.3) is 11.8 Å². The van der Waals surface area contributed by atoms with Crippen molar-refractivity contribution < 1.29 is 9.59 Å². The van der Waals surface area contributed by atoms with E-state index in [-0.39, 0.29) is 11.8 Å². The summed E-state index contributed by atoms with van der Waals surface area (Å²) in [6.45, 7) is 0. The molecule has 0 aliphatic heterocycles. The predicted molar refractivity (Wildman–Crippen MR) is 114 cm³/mol. The first-order valence-electron chi connectivity index (χ1n) is 8.99. The third-order valence-electron chi connectivity index (χ3n) is 4.24. The minimum atomic E-state index is -0.366. The Morgan fingerprint density at radius 3 is 1.93 bits per heavy atom. The van der Waals surface area contributed by atoms with Gasteiger partial charge in [-0.25, -0.2) is 4.68 Å². The van der Waals surface area contributed by atoms with Crippen LogP contribution >= 0.6 is 11.3 Å². The molecule has 0 aliphatic rings. The van der Waals surface area contributed by atoms with Gasteiger partial charge in [0.1, 0.15) is 0 Å². The van der Waals surface area contributed by atoms with Crippen LogP contribution in [-0.2, 0) is 0 Å². The predicted octanol–water partition coefficient (Wildman–Crippen LogP) is 4.34. The molecule has 0 bridgehead atoms. The van der Waals surface area contributed by atoms with E-state index in [2.05, 4.69) is 10.4 Å². The van der Waals surface area contributed by atoms with Gasteiger partial charge in [-0.2, -0.15) is 4.99 Å². The molecule has 0 atom stereocenters. The van der Waals surface area contributed by atoms with E-state index in [4.69, 9.17) is 0 Å². The first-order valence-corrected chi connectivity index (χ1v) is 9.87. The van der Waals surface area contributed by atoms with Crippen molar-refractivity contribution in [2.24, 2.45) is 4.99 Å². The largest absolute Gasteiger partial charge is 0.279 e. The highest BCUT2D eigenvalue weighted by Gasteiger charge is 2.13. The van der Waals surface area contributed by atoms with Crippen molar-refractivity contribution in [3.63, 3.8) is 0 Å². The van der Waals surface area contributed by atoms with E-state index >= 15 is 0 Å². The highest BCUT2D eigenvalue weighted by Crippen LogP contribution is 2.19. The number of amides is 2. The molecule has 1 aromatic heterocycles. The van der Waals surface area contributed by atoms with Crippen LogP contribution in [0.1, 0.15) is 20.7 Å². The number of carbonyl (C=O) groups excluding carboxylic acids is 2. The molecule has 4 rings (SSSR count). The summed E-state index contributed by atoms with van der Waals surface area (Å²) in [5, 5.41) is 1.87. The van der Waals surface area contributed by atoms with Crippen molar-refractivity contribution >= 4 is 23.2 Å². The molecule has 5 nitrogen and oxygen atoms in total. The summed E-state index contributed by atoms with van der Waals surface area (Å²) in [7, 11) is 0. The molecule has 142 valence electrons. The maximum atomic E-state index is 12.7. The van der Waals surface area contributed by atoms with Crippen LogP contribution in [0.15, 0.2) is 101 Å². The second-order valence-electron chi connectivity index (χ2n) is 6.19. The van der Waals surface area contributed by atoms with Gasteiger partial charge < -0.3 is 0 Å². The van der Waals surface area contributed by atoms with Crippen LogP contribution in [0, 0.1) is 0 Å². The number of carbonyl (C=O) groups is 2. The number of aromatic nitrogens is 1. The summed E-state index contributed by atoms with van der Waals surface area (Å²) in [6.07, 6.45) is 0. The molecule has 0 spiro atoms. The summed E-state index contributed by atoms with van der Waals surface area (Å²) in [4.78, 5) is 30.0. The molecule has 0 radical (unpaired) electrons. The van der Waals surface area contributed by atoms with E-state index in [0.717, 1.165) is 11.3 Å². The van der Waals surface area contributed by atoms with Crippen molar-refractivity contribution in [2.45, 2.75) is 0 Å². The maximum Gasteiger partial charge on any atom is 0.279 e. The molecule has 2 amide bonds. The zero-order valence-corrected chi connectivity index (χ0v) is 16.2. The van der Waals surface area contributed by atoms with Gasteiger partial charge in [0.15, 0.2) is 0 Å². The van der Waals surface area contributed by atoms with Crippen LogP contribution in [0.2, 0.25) is 0 Å². The van der Waals surface area contributed by atoms with Crippen LogP contribution in [0.4, 0.5) is 0 Å². The third-order valence-corrected chi connectivity index (χ3v) is 5.07. The first kappa shape index (κ1) is 18.6. The minimum Gasteiger partial charge on any atom is -0.267 e.